The fourth-order valence-corrected chi connectivity index (χ4v) is 4.57. The van der Waals surface area contributed by atoms with E-state index in [0.717, 1.165) is 53.9 Å². The lowest BCUT2D eigenvalue weighted by atomic mass is 10.1. The molecule has 0 aliphatic heterocycles. The Kier molecular flexibility index (Phi) is 11.7. The maximum atomic E-state index is 12.7. The van der Waals surface area contributed by atoms with E-state index < -0.39 is 11.9 Å². The van der Waals surface area contributed by atoms with E-state index in [4.69, 9.17) is 14.2 Å². The molecule has 0 spiro atoms. The zero-order chi connectivity index (χ0) is 32.7. The van der Waals surface area contributed by atoms with Crippen molar-refractivity contribution in [3.63, 3.8) is 0 Å². The number of rotatable bonds is 15. The van der Waals surface area contributed by atoms with Crippen molar-refractivity contribution in [1.29, 1.82) is 0 Å². The van der Waals surface area contributed by atoms with Gasteiger partial charge in [-0.05, 0) is 98.5 Å². The van der Waals surface area contributed by atoms with Crippen molar-refractivity contribution in [2.45, 2.75) is 25.7 Å². The molecule has 5 aromatic carbocycles. The monoisotopic (exact) mass is 626 g/mol. The van der Waals surface area contributed by atoms with Crippen molar-refractivity contribution in [3.8, 4) is 11.5 Å². The number of azo groups is 2. The van der Waals surface area contributed by atoms with Crippen LogP contribution in [0.2, 0.25) is 0 Å². The second kappa shape index (κ2) is 16.9. The Balaban J connectivity index is 1.10. The Morgan fingerprint density at radius 1 is 0.574 bits per heavy atom. The van der Waals surface area contributed by atoms with Gasteiger partial charge in [-0.25, -0.2) is 9.59 Å². The molecule has 0 saturated carbocycles. The molecule has 0 heterocycles. The van der Waals surface area contributed by atoms with Gasteiger partial charge in [-0.3, -0.25) is 0 Å². The largest absolute Gasteiger partial charge is 0.494 e. The van der Waals surface area contributed by atoms with Crippen LogP contribution < -0.4 is 9.47 Å². The summed E-state index contributed by atoms with van der Waals surface area (Å²) in [4.78, 5) is 23.7. The van der Waals surface area contributed by atoms with E-state index >= 15 is 0 Å². The third-order valence-corrected chi connectivity index (χ3v) is 7.04. The quantitative estimate of drug-likeness (QED) is 0.0377. The number of benzene rings is 5. The Hall–Kier alpha value is -5.96. The summed E-state index contributed by atoms with van der Waals surface area (Å²) in [7, 11) is 0. The predicted molar refractivity (Wildman–Crippen MR) is 182 cm³/mol. The maximum absolute atomic E-state index is 12.7. The number of esters is 2. The zero-order valence-electron chi connectivity index (χ0n) is 25.8. The van der Waals surface area contributed by atoms with E-state index in [-0.39, 0.29) is 0 Å². The molecular formula is C38H34N4O5. The first-order valence-electron chi connectivity index (χ1n) is 15.3. The maximum Gasteiger partial charge on any atom is 0.343 e. The summed E-state index contributed by atoms with van der Waals surface area (Å²) in [6, 6.07) is 34.9. The number of hydrogen-bond donors (Lipinski definition) is 0. The standard InChI is InChI=1S/C38H34N4O5/c1-2-37(43)46-27-11-4-3-10-26-45-31-20-16-28(17-21-31)38(44)47-32-22-18-30(19-23-32)40-42-36-25-24-35(33-14-8-9-15-34(33)36)41-39-29-12-6-5-7-13-29/h2,5-9,12-25H,1,3-4,10-11,26-27H2/b41-39+,42-40+. The average Bonchev–Trinajstić information content (AvgIpc) is 3.12. The number of nitrogens with zero attached hydrogens (tertiary/aromatic N) is 4. The number of fused-ring (bicyclic) bond motifs is 1. The van der Waals surface area contributed by atoms with Crippen molar-refractivity contribution in [2.75, 3.05) is 13.2 Å². The minimum atomic E-state index is -0.473. The van der Waals surface area contributed by atoms with Gasteiger partial charge >= 0.3 is 11.9 Å². The second-order valence-corrected chi connectivity index (χ2v) is 10.4. The van der Waals surface area contributed by atoms with Crippen molar-refractivity contribution >= 4 is 45.5 Å². The molecule has 5 rings (SSSR count). The van der Waals surface area contributed by atoms with Crippen LogP contribution in [0.1, 0.15) is 36.0 Å². The third-order valence-electron chi connectivity index (χ3n) is 7.04. The van der Waals surface area contributed by atoms with Crippen LogP contribution >= 0.6 is 0 Å². The molecule has 236 valence electrons. The summed E-state index contributed by atoms with van der Waals surface area (Å²) in [6.07, 6.45) is 4.75. The van der Waals surface area contributed by atoms with E-state index in [0.29, 0.717) is 41.7 Å². The second-order valence-electron chi connectivity index (χ2n) is 10.4. The zero-order valence-corrected chi connectivity index (χ0v) is 25.8. The molecule has 0 N–H and O–H groups in total. The molecule has 0 aromatic heterocycles. The summed E-state index contributed by atoms with van der Waals surface area (Å²) < 4.78 is 16.3. The highest BCUT2D eigenvalue weighted by atomic mass is 16.5. The highest BCUT2D eigenvalue weighted by molar-refractivity contribution is 5.99. The minimum Gasteiger partial charge on any atom is -0.494 e. The molecule has 47 heavy (non-hydrogen) atoms. The smallest absolute Gasteiger partial charge is 0.343 e. The van der Waals surface area contributed by atoms with Crippen LogP contribution in [0.3, 0.4) is 0 Å². The molecule has 5 aromatic rings. The van der Waals surface area contributed by atoms with Crippen molar-refractivity contribution in [2.24, 2.45) is 20.5 Å². The third kappa shape index (κ3) is 9.76. The summed E-state index contributed by atoms with van der Waals surface area (Å²) >= 11 is 0. The lowest BCUT2D eigenvalue weighted by Crippen LogP contribution is -2.08. The van der Waals surface area contributed by atoms with Crippen LogP contribution in [-0.4, -0.2) is 25.2 Å². The number of unbranched alkanes of at least 4 members (excludes halogenated alkanes) is 3. The summed E-state index contributed by atoms with van der Waals surface area (Å²) in [6.45, 7) is 4.33. The molecule has 0 fully saturated rings. The molecule has 9 nitrogen and oxygen atoms in total. The van der Waals surface area contributed by atoms with Crippen LogP contribution in [0.15, 0.2) is 148 Å². The van der Waals surface area contributed by atoms with E-state index in [1.807, 2.05) is 66.7 Å². The number of carbonyl (C=O) groups excluding carboxylic acids is 2. The topological polar surface area (TPSA) is 111 Å². The minimum absolute atomic E-state index is 0.395. The molecule has 0 aliphatic carbocycles. The Bertz CT molecular complexity index is 1850. The van der Waals surface area contributed by atoms with Gasteiger partial charge in [0.2, 0.25) is 0 Å². The van der Waals surface area contributed by atoms with Crippen molar-refractivity contribution in [1.82, 2.24) is 0 Å². The van der Waals surface area contributed by atoms with E-state index in [9.17, 15) is 9.59 Å². The molecule has 0 amide bonds. The molecule has 0 aliphatic rings. The highest BCUT2D eigenvalue weighted by Crippen LogP contribution is 2.35. The number of carbonyl (C=O) groups is 2. The predicted octanol–water partition coefficient (Wildman–Crippen LogP) is 10.6. The Morgan fingerprint density at radius 2 is 1.13 bits per heavy atom. The van der Waals surface area contributed by atoms with Crippen LogP contribution in [0.4, 0.5) is 22.7 Å². The van der Waals surface area contributed by atoms with Gasteiger partial charge < -0.3 is 14.2 Å². The van der Waals surface area contributed by atoms with Gasteiger partial charge in [0.1, 0.15) is 11.5 Å². The Morgan fingerprint density at radius 3 is 1.74 bits per heavy atom. The molecular weight excluding hydrogens is 592 g/mol. The lowest BCUT2D eigenvalue weighted by molar-refractivity contribution is -0.137. The molecule has 0 radical (unpaired) electrons. The molecule has 0 atom stereocenters. The van der Waals surface area contributed by atoms with Gasteiger partial charge in [0.25, 0.3) is 0 Å². The van der Waals surface area contributed by atoms with Crippen LogP contribution in [0.5, 0.6) is 11.5 Å². The summed E-state index contributed by atoms with van der Waals surface area (Å²) in [5.74, 6) is 0.204. The molecule has 9 heteroatoms. The van der Waals surface area contributed by atoms with Gasteiger partial charge in [-0.2, -0.15) is 10.2 Å². The van der Waals surface area contributed by atoms with E-state index in [2.05, 4.69) is 27.0 Å². The fraction of sp³-hybridized carbons (Fsp3) is 0.158. The lowest BCUT2D eigenvalue weighted by Gasteiger charge is -2.08. The highest BCUT2D eigenvalue weighted by Gasteiger charge is 2.10. The summed E-state index contributed by atoms with van der Waals surface area (Å²) in [5, 5.41) is 19.5. The van der Waals surface area contributed by atoms with Crippen LogP contribution in [0, 0.1) is 0 Å². The number of hydrogen-bond acceptors (Lipinski definition) is 9. The first kappa shape index (κ1) is 32.4. The van der Waals surface area contributed by atoms with E-state index in [1.165, 1.54) is 0 Å². The van der Waals surface area contributed by atoms with Gasteiger partial charge in [0.15, 0.2) is 0 Å². The van der Waals surface area contributed by atoms with Gasteiger partial charge in [0.05, 0.1) is 41.5 Å². The van der Waals surface area contributed by atoms with Crippen molar-refractivity contribution < 1.29 is 23.8 Å². The average molecular weight is 627 g/mol. The Labute approximate surface area is 273 Å². The fourth-order valence-electron chi connectivity index (χ4n) is 4.57. The van der Waals surface area contributed by atoms with E-state index in [1.54, 1.807) is 48.5 Å². The van der Waals surface area contributed by atoms with Gasteiger partial charge in [0, 0.05) is 16.8 Å². The van der Waals surface area contributed by atoms with Crippen LogP contribution in [-0.2, 0) is 9.53 Å². The van der Waals surface area contributed by atoms with Gasteiger partial charge in [-0.1, -0.05) is 49.0 Å². The first-order chi connectivity index (χ1) is 23.1. The SMILES string of the molecule is C=CC(=O)OCCCCCCOc1ccc(C(=O)Oc2ccc(/N=N/c3ccc(/N=N/c4ccccc4)c4ccccc34)cc2)cc1. The molecule has 0 saturated heterocycles. The molecule has 0 bridgehead atoms. The van der Waals surface area contributed by atoms with Crippen LogP contribution in [0.25, 0.3) is 10.8 Å². The van der Waals surface area contributed by atoms with Gasteiger partial charge in [-0.15, -0.1) is 10.2 Å². The number of ether oxygens (including phenoxy) is 3. The van der Waals surface area contributed by atoms with Crippen molar-refractivity contribution in [3.05, 3.63) is 133 Å². The first-order valence-corrected chi connectivity index (χ1v) is 15.3. The molecule has 0 unspecified atom stereocenters. The normalized spacial score (nSPS) is 11.1. The summed E-state index contributed by atoms with van der Waals surface area (Å²) in [5.41, 5.74) is 3.24.